The lowest BCUT2D eigenvalue weighted by Gasteiger charge is -2.48. The minimum atomic E-state index is -1.94. The molecule has 0 heterocycles. The molecule has 0 bridgehead atoms. The molecule has 0 amide bonds. The molecule has 6 N–H and O–H groups in total. The largest absolute Gasteiger partial charge is 0.394 e. The summed E-state index contributed by atoms with van der Waals surface area (Å²) in [6, 6.07) is 0. The Morgan fingerprint density at radius 2 is 1.17 bits per heavy atom. The van der Waals surface area contributed by atoms with Gasteiger partial charge in [0.15, 0.2) is 0 Å². The van der Waals surface area contributed by atoms with Crippen molar-refractivity contribution < 1.29 is 30.6 Å². The van der Waals surface area contributed by atoms with Gasteiger partial charge in [-0.1, -0.05) is 59.3 Å². The SMILES string of the molecule is CCCCC(O)(CCCC)[C@@](O)(CCCC)[C@H](O)[C@H](O)[C@@H](O)CO. The average Bonchev–Trinajstić information content (AvgIpc) is 2.60. The molecule has 0 aromatic carbocycles. The first kappa shape index (κ1) is 23.8. The van der Waals surface area contributed by atoms with Crippen molar-refractivity contribution in [2.24, 2.45) is 0 Å². The molecule has 0 spiro atoms. The molecule has 0 aliphatic rings. The van der Waals surface area contributed by atoms with Gasteiger partial charge >= 0.3 is 0 Å². The maximum absolute atomic E-state index is 11.2. The lowest BCUT2D eigenvalue weighted by molar-refractivity contribution is -0.243. The van der Waals surface area contributed by atoms with Gasteiger partial charge in [-0.15, -0.1) is 0 Å². The average molecular weight is 350 g/mol. The van der Waals surface area contributed by atoms with Crippen molar-refractivity contribution in [3.05, 3.63) is 0 Å². The van der Waals surface area contributed by atoms with Gasteiger partial charge in [0.2, 0.25) is 0 Å². The summed E-state index contributed by atoms with van der Waals surface area (Å²) in [6.07, 6.45) is 0.0228. The molecule has 0 saturated heterocycles. The lowest BCUT2D eigenvalue weighted by Crippen LogP contribution is -2.65. The van der Waals surface area contributed by atoms with Crippen LogP contribution in [0.5, 0.6) is 0 Å². The molecule has 6 nitrogen and oxygen atoms in total. The molecule has 0 unspecified atom stereocenters. The van der Waals surface area contributed by atoms with Crippen LogP contribution in [0.25, 0.3) is 0 Å². The van der Waals surface area contributed by atoms with E-state index in [2.05, 4.69) is 0 Å². The van der Waals surface area contributed by atoms with Crippen LogP contribution in [0.3, 0.4) is 0 Å². The van der Waals surface area contributed by atoms with E-state index in [0.29, 0.717) is 32.1 Å². The van der Waals surface area contributed by atoms with Crippen molar-refractivity contribution in [3.63, 3.8) is 0 Å². The van der Waals surface area contributed by atoms with Crippen LogP contribution in [0.15, 0.2) is 0 Å². The highest BCUT2D eigenvalue weighted by molar-refractivity contribution is 5.06. The maximum atomic E-state index is 11.2. The Bertz CT molecular complexity index is 317. The molecule has 0 radical (unpaired) electrons. The fraction of sp³-hybridized carbons (Fsp3) is 1.00. The zero-order valence-electron chi connectivity index (χ0n) is 15.5. The van der Waals surface area contributed by atoms with Gasteiger partial charge < -0.3 is 30.6 Å². The minimum Gasteiger partial charge on any atom is -0.394 e. The van der Waals surface area contributed by atoms with Gasteiger partial charge in [0.25, 0.3) is 0 Å². The van der Waals surface area contributed by atoms with Crippen molar-refractivity contribution in [1.29, 1.82) is 0 Å². The molecule has 4 atom stereocenters. The van der Waals surface area contributed by atoms with Crippen molar-refractivity contribution in [3.8, 4) is 0 Å². The first-order valence-corrected chi connectivity index (χ1v) is 9.33. The second-order valence-corrected chi connectivity index (χ2v) is 6.95. The highest BCUT2D eigenvalue weighted by Crippen LogP contribution is 2.40. The van der Waals surface area contributed by atoms with E-state index in [1.165, 1.54) is 0 Å². The standard InChI is InChI=1S/C18H38O6/c1-4-7-10-17(23,11-8-5-2)18(24,12-9-6-3)16(22)15(21)14(20)13-19/h14-16,19-24H,4-13H2,1-3H3/t14-,15+,16+,18+/m0/s1. The van der Waals surface area contributed by atoms with E-state index in [9.17, 15) is 25.5 Å². The summed E-state index contributed by atoms with van der Waals surface area (Å²) < 4.78 is 0. The number of aliphatic hydroxyl groups is 6. The Kier molecular flexibility index (Phi) is 11.3. The van der Waals surface area contributed by atoms with Crippen molar-refractivity contribution in [2.45, 2.75) is 108 Å². The van der Waals surface area contributed by atoms with Crippen LogP contribution in [-0.4, -0.2) is 66.8 Å². The quantitative estimate of drug-likeness (QED) is 0.279. The number of aliphatic hydroxyl groups excluding tert-OH is 4. The highest BCUT2D eigenvalue weighted by atomic mass is 16.4. The normalized spacial score (nSPS) is 18.9. The van der Waals surface area contributed by atoms with E-state index >= 15 is 0 Å². The smallest absolute Gasteiger partial charge is 0.122 e. The third-order valence-corrected chi connectivity index (χ3v) is 5.00. The van der Waals surface area contributed by atoms with Crippen molar-refractivity contribution in [1.82, 2.24) is 0 Å². The van der Waals surface area contributed by atoms with E-state index in [0.717, 1.165) is 19.3 Å². The maximum Gasteiger partial charge on any atom is 0.122 e. The van der Waals surface area contributed by atoms with Gasteiger partial charge in [-0.2, -0.15) is 0 Å². The Balaban J connectivity index is 5.66. The van der Waals surface area contributed by atoms with Gasteiger partial charge in [0.05, 0.1) is 12.2 Å². The Morgan fingerprint density at radius 1 is 0.750 bits per heavy atom. The van der Waals surface area contributed by atoms with Gasteiger partial charge in [0.1, 0.15) is 23.9 Å². The molecule has 0 aliphatic heterocycles. The Morgan fingerprint density at radius 3 is 1.54 bits per heavy atom. The number of rotatable bonds is 14. The van der Waals surface area contributed by atoms with Crippen LogP contribution in [0.1, 0.15) is 78.6 Å². The summed E-state index contributed by atoms with van der Waals surface area (Å²) in [5, 5.41) is 61.8. The zero-order valence-corrected chi connectivity index (χ0v) is 15.5. The summed E-state index contributed by atoms with van der Waals surface area (Å²) >= 11 is 0. The van der Waals surface area contributed by atoms with E-state index in [-0.39, 0.29) is 6.42 Å². The first-order valence-electron chi connectivity index (χ1n) is 9.33. The van der Waals surface area contributed by atoms with Crippen LogP contribution in [-0.2, 0) is 0 Å². The fourth-order valence-corrected chi connectivity index (χ4v) is 3.20. The third kappa shape index (κ3) is 5.93. The van der Waals surface area contributed by atoms with E-state index in [4.69, 9.17) is 5.11 Å². The molecule has 0 fully saturated rings. The summed E-state index contributed by atoms with van der Waals surface area (Å²) in [6.45, 7) is 5.16. The molecule has 0 aromatic heterocycles. The molecular weight excluding hydrogens is 312 g/mol. The summed E-state index contributed by atoms with van der Waals surface area (Å²) in [4.78, 5) is 0. The summed E-state index contributed by atoms with van der Waals surface area (Å²) in [5.74, 6) is 0. The Labute approximate surface area is 146 Å². The molecule has 6 heteroatoms. The monoisotopic (exact) mass is 350 g/mol. The van der Waals surface area contributed by atoms with Crippen molar-refractivity contribution in [2.75, 3.05) is 6.61 Å². The number of hydrogen-bond donors (Lipinski definition) is 6. The molecule has 146 valence electrons. The van der Waals surface area contributed by atoms with Gasteiger partial charge in [-0.3, -0.25) is 0 Å². The van der Waals surface area contributed by atoms with Crippen LogP contribution < -0.4 is 0 Å². The zero-order chi connectivity index (χ0) is 18.8. The highest BCUT2D eigenvalue weighted by Gasteiger charge is 2.55. The van der Waals surface area contributed by atoms with Gasteiger partial charge in [-0.05, 0) is 19.3 Å². The number of unbranched alkanes of at least 4 members (excludes halogenated alkanes) is 3. The predicted molar refractivity (Wildman–Crippen MR) is 93.6 cm³/mol. The van der Waals surface area contributed by atoms with Crippen LogP contribution in [0, 0.1) is 0 Å². The minimum absolute atomic E-state index is 0.115. The third-order valence-electron chi connectivity index (χ3n) is 5.00. The Hall–Kier alpha value is -0.240. The summed E-state index contributed by atoms with van der Waals surface area (Å²) in [5.41, 5.74) is -3.49. The molecule has 0 aromatic rings. The van der Waals surface area contributed by atoms with Gasteiger partial charge in [0, 0.05) is 0 Å². The first-order chi connectivity index (χ1) is 11.2. The van der Waals surface area contributed by atoms with Crippen molar-refractivity contribution >= 4 is 0 Å². The predicted octanol–water partition coefficient (Wildman–Crippen LogP) is 1.09. The molecule has 0 saturated carbocycles. The lowest BCUT2D eigenvalue weighted by atomic mass is 9.68. The molecule has 24 heavy (non-hydrogen) atoms. The second-order valence-electron chi connectivity index (χ2n) is 6.95. The van der Waals surface area contributed by atoms with Crippen LogP contribution >= 0.6 is 0 Å². The topological polar surface area (TPSA) is 121 Å². The molecule has 0 rings (SSSR count). The number of hydrogen-bond acceptors (Lipinski definition) is 6. The second kappa shape index (κ2) is 11.4. The molecular formula is C18H38O6. The molecule has 0 aliphatic carbocycles. The fourth-order valence-electron chi connectivity index (χ4n) is 3.20. The summed E-state index contributed by atoms with van der Waals surface area (Å²) in [7, 11) is 0. The van der Waals surface area contributed by atoms with Crippen LogP contribution in [0.2, 0.25) is 0 Å². The van der Waals surface area contributed by atoms with E-state index in [1.807, 2.05) is 20.8 Å². The van der Waals surface area contributed by atoms with E-state index < -0.39 is 36.1 Å². The van der Waals surface area contributed by atoms with Gasteiger partial charge in [-0.25, -0.2) is 0 Å². The van der Waals surface area contributed by atoms with Crippen LogP contribution in [0.4, 0.5) is 0 Å². The van der Waals surface area contributed by atoms with E-state index in [1.54, 1.807) is 0 Å².